The Hall–Kier alpha value is -1.58. The Morgan fingerprint density at radius 2 is 2.00 bits per heavy atom. The van der Waals surface area contributed by atoms with Crippen molar-refractivity contribution >= 4 is 29.2 Å². The van der Waals surface area contributed by atoms with Crippen molar-refractivity contribution in [3.63, 3.8) is 0 Å². The van der Waals surface area contributed by atoms with Gasteiger partial charge in [0, 0.05) is 5.56 Å². The molecule has 0 radical (unpaired) electrons. The van der Waals surface area contributed by atoms with Crippen LogP contribution in [0.3, 0.4) is 0 Å². The van der Waals surface area contributed by atoms with E-state index in [9.17, 15) is 4.79 Å². The monoisotopic (exact) mass is 309 g/mol. The van der Waals surface area contributed by atoms with Crippen molar-refractivity contribution in [2.75, 3.05) is 0 Å². The number of hydrogen-bond acceptors (Lipinski definition) is 2. The fourth-order valence-electron chi connectivity index (χ4n) is 1.98. The van der Waals surface area contributed by atoms with Gasteiger partial charge in [0.1, 0.15) is 0 Å². The normalized spacial score (nSPS) is 10.6. The number of halogens is 2. The van der Waals surface area contributed by atoms with E-state index in [1.165, 1.54) is 0 Å². The lowest BCUT2D eigenvalue weighted by molar-refractivity contribution is 0.0695. The Kier molecular flexibility index (Phi) is 4.63. The van der Waals surface area contributed by atoms with Crippen molar-refractivity contribution in [3.8, 4) is 11.3 Å². The molecule has 0 unspecified atom stereocenters. The zero-order valence-electron chi connectivity index (χ0n) is 10.9. The van der Waals surface area contributed by atoms with Gasteiger partial charge in [0.05, 0.1) is 27.0 Å². The first-order chi connectivity index (χ1) is 9.54. The molecule has 0 saturated heterocycles. The SMILES string of the molecule is CCCc1nc(-c2cccc(Cl)c2Cl)ccc1C(=O)O. The van der Waals surface area contributed by atoms with Gasteiger partial charge >= 0.3 is 5.97 Å². The molecule has 104 valence electrons. The number of aromatic nitrogens is 1. The second kappa shape index (κ2) is 6.25. The Morgan fingerprint density at radius 3 is 2.65 bits per heavy atom. The zero-order chi connectivity index (χ0) is 14.7. The Labute approximate surface area is 127 Å². The third-order valence-corrected chi connectivity index (χ3v) is 3.74. The van der Waals surface area contributed by atoms with Crippen LogP contribution in [-0.4, -0.2) is 16.1 Å². The molecular formula is C15H13Cl2NO2. The summed E-state index contributed by atoms with van der Waals surface area (Å²) in [5.41, 5.74) is 2.13. The van der Waals surface area contributed by atoms with Gasteiger partial charge in [0.15, 0.2) is 0 Å². The standard InChI is InChI=1S/C15H13Cl2NO2/c1-2-4-12-10(15(19)20)7-8-13(18-12)9-5-3-6-11(16)14(9)17/h3,5-8H,2,4H2,1H3,(H,19,20). The number of nitrogens with zero attached hydrogens (tertiary/aromatic N) is 1. The maximum Gasteiger partial charge on any atom is 0.337 e. The highest BCUT2D eigenvalue weighted by Crippen LogP contribution is 2.32. The second-order valence-corrected chi connectivity index (χ2v) is 5.13. The van der Waals surface area contributed by atoms with E-state index in [2.05, 4.69) is 4.98 Å². The van der Waals surface area contributed by atoms with Crippen LogP contribution in [-0.2, 0) is 6.42 Å². The van der Waals surface area contributed by atoms with Gasteiger partial charge in [-0.2, -0.15) is 0 Å². The van der Waals surface area contributed by atoms with E-state index in [4.69, 9.17) is 28.3 Å². The van der Waals surface area contributed by atoms with Crippen LogP contribution < -0.4 is 0 Å². The maximum atomic E-state index is 11.2. The number of carboxylic acids is 1. The van der Waals surface area contributed by atoms with Gasteiger partial charge in [0.25, 0.3) is 0 Å². The second-order valence-electron chi connectivity index (χ2n) is 4.35. The zero-order valence-corrected chi connectivity index (χ0v) is 12.4. The number of rotatable bonds is 4. The van der Waals surface area contributed by atoms with E-state index in [0.717, 1.165) is 6.42 Å². The van der Waals surface area contributed by atoms with Crippen LogP contribution in [0.1, 0.15) is 29.4 Å². The van der Waals surface area contributed by atoms with Gasteiger partial charge in [-0.1, -0.05) is 48.7 Å². The molecule has 0 aliphatic rings. The van der Waals surface area contributed by atoms with Crippen molar-refractivity contribution in [3.05, 3.63) is 51.6 Å². The molecule has 0 atom stereocenters. The van der Waals surface area contributed by atoms with E-state index in [1.807, 2.05) is 13.0 Å². The minimum absolute atomic E-state index is 0.230. The molecule has 0 aliphatic carbocycles. The molecule has 2 aromatic rings. The summed E-state index contributed by atoms with van der Waals surface area (Å²) in [5, 5.41) is 10.0. The molecule has 2 rings (SSSR count). The number of carbonyl (C=O) groups is 1. The van der Waals surface area contributed by atoms with Crippen LogP contribution >= 0.6 is 23.2 Å². The number of pyridine rings is 1. The Bertz CT molecular complexity index is 656. The van der Waals surface area contributed by atoms with Gasteiger partial charge in [0.2, 0.25) is 0 Å². The van der Waals surface area contributed by atoms with E-state index < -0.39 is 5.97 Å². The smallest absolute Gasteiger partial charge is 0.337 e. The van der Waals surface area contributed by atoms with Crippen LogP contribution in [0.4, 0.5) is 0 Å². The van der Waals surface area contributed by atoms with Crippen molar-refractivity contribution in [2.45, 2.75) is 19.8 Å². The quantitative estimate of drug-likeness (QED) is 0.890. The Morgan fingerprint density at radius 1 is 1.25 bits per heavy atom. The molecule has 0 fully saturated rings. The average Bonchev–Trinajstić information content (AvgIpc) is 2.42. The molecule has 1 heterocycles. The molecule has 20 heavy (non-hydrogen) atoms. The molecule has 0 spiro atoms. The summed E-state index contributed by atoms with van der Waals surface area (Å²) in [6, 6.07) is 8.52. The van der Waals surface area contributed by atoms with E-state index in [0.29, 0.717) is 33.4 Å². The van der Waals surface area contributed by atoms with Crippen molar-refractivity contribution in [2.24, 2.45) is 0 Å². The summed E-state index contributed by atoms with van der Waals surface area (Å²) in [6.45, 7) is 1.98. The van der Waals surface area contributed by atoms with E-state index >= 15 is 0 Å². The highest BCUT2D eigenvalue weighted by atomic mass is 35.5. The molecule has 5 heteroatoms. The third kappa shape index (κ3) is 2.94. The highest BCUT2D eigenvalue weighted by Gasteiger charge is 2.14. The highest BCUT2D eigenvalue weighted by molar-refractivity contribution is 6.43. The summed E-state index contributed by atoms with van der Waals surface area (Å²) in [7, 11) is 0. The molecule has 0 aliphatic heterocycles. The van der Waals surface area contributed by atoms with E-state index in [-0.39, 0.29) is 5.56 Å². The molecule has 0 saturated carbocycles. The third-order valence-electron chi connectivity index (χ3n) is 2.92. The first kappa shape index (κ1) is 14.8. The number of aryl methyl sites for hydroxylation is 1. The molecule has 1 N–H and O–H groups in total. The lowest BCUT2D eigenvalue weighted by atomic mass is 10.1. The first-order valence-corrected chi connectivity index (χ1v) is 6.97. The lowest BCUT2D eigenvalue weighted by Gasteiger charge is -2.09. The molecule has 3 nitrogen and oxygen atoms in total. The summed E-state index contributed by atoms with van der Waals surface area (Å²) in [4.78, 5) is 15.6. The summed E-state index contributed by atoms with van der Waals surface area (Å²) in [5.74, 6) is -0.968. The largest absolute Gasteiger partial charge is 0.478 e. The number of benzene rings is 1. The Balaban J connectivity index is 2.56. The molecule has 1 aromatic heterocycles. The molecule has 1 aromatic carbocycles. The van der Waals surface area contributed by atoms with Gasteiger partial charge < -0.3 is 5.11 Å². The topological polar surface area (TPSA) is 50.2 Å². The summed E-state index contributed by atoms with van der Waals surface area (Å²) < 4.78 is 0. The van der Waals surface area contributed by atoms with Crippen LogP contribution in [0.15, 0.2) is 30.3 Å². The molecule has 0 amide bonds. The van der Waals surface area contributed by atoms with Gasteiger partial charge in [-0.3, -0.25) is 4.98 Å². The van der Waals surface area contributed by atoms with E-state index in [1.54, 1.807) is 24.3 Å². The average molecular weight is 310 g/mol. The van der Waals surface area contributed by atoms with Crippen LogP contribution in [0, 0.1) is 0 Å². The lowest BCUT2D eigenvalue weighted by Crippen LogP contribution is -2.05. The van der Waals surface area contributed by atoms with Gasteiger partial charge in [-0.05, 0) is 24.6 Å². The van der Waals surface area contributed by atoms with Crippen molar-refractivity contribution in [1.29, 1.82) is 0 Å². The molecular weight excluding hydrogens is 297 g/mol. The minimum atomic E-state index is -0.968. The van der Waals surface area contributed by atoms with Gasteiger partial charge in [-0.15, -0.1) is 0 Å². The van der Waals surface area contributed by atoms with Crippen molar-refractivity contribution in [1.82, 2.24) is 4.98 Å². The van der Waals surface area contributed by atoms with Crippen molar-refractivity contribution < 1.29 is 9.90 Å². The maximum absolute atomic E-state index is 11.2. The predicted molar refractivity (Wildman–Crippen MR) is 80.6 cm³/mol. The van der Waals surface area contributed by atoms with Crippen LogP contribution in [0.25, 0.3) is 11.3 Å². The number of carboxylic acid groups (broad SMARTS) is 1. The number of aromatic carboxylic acids is 1. The van der Waals surface area contributed by atoms with Gasteiger partial charge in [-0.25, -0.2) is 4.79 Å². The fraction of sp³-hybridized carbons (Fsp3) is 0.200. The molecule has 0 bridgehead atoms. The van der Waals surface area contributed by atoms with Crippen LogP contribution in [0.5, 0.6) is 0 Å². The first-order valence-electron chi connectivity index (χ1n) is 6.22. The number of hydrogen-bond donors (Lipinski definition) is 1. The predicted octanol–water partition coefficient (Wildman–Crippen LogP) is 4.71. The summed E-state index contributed by atoms with van der Waals surface area (Å²) >= 11 is 12.2. The van der Waals surface area contributed by atoms with Crippen LogP contribution in [0.2, 0.25) is 10.0 Å². The summed E-state index contributed by atoms with van der Waals surface area (Å²) in [6.07, 6.45) is 1.42. The minimum Gasteiger partial charge on any atom is -0.478 e. The fourth-order valence-corrected chi connectivity index (χ4v) is 2.37.